The van der Waals surface area contributed by atoms with Gasteiger partial charge >= 0.3 is 0 Å². The van der Waals surface area contributed by atoms with Crippen LogP contribution in [0.1, 0.15) is 12.0 Å². The van der Waals surface area contributed by atoms with E-state index in [9.17, 15) is 0 Å². The average Bonchev–Trinajstić information content (AvgIpc) is 2.64. The lowest BCUT2D eigenvalue weighted by molar-refractivity contribution is 0.317. The summed E-state index contributed by atoms with van der Waals surface area (Å²) in [5, 5.41) is 0. The third-order valence-corrected chi connectivity index (χ3v) is 3.44. The number of nitrogens with two attached hydrogens (primary N) is 1. The van der Waals surface area contributed by atoms with Crippen LogP contribution in [-0.4, -0.2) is 31.1 Å². The van der Waals surface area contributed by atoms with Gasteiger partial charge in [0.05, 0.1) is 7.11 Å². The van der Waals surface area contributed by atoms with E-state index in [0.717, 1.165) is 36.3 Å². The van der Waals surface area contributed by atoms with Crippen LogP contribution in [0.5, 0.6) is 5.75 Å². The van der Waals surface area contributed by atoms with Crippen molar-refractivity contribution in [2.24, 2.45) is 5.73 Å². The summed E-state index contributed by atoms with van der Waals surface area (Å²) in [4.78, 5) is 2.37. The molecular formula is C12H18BrClN2O. The van der Waals surface area contributed by atoms with Gasteiger partial charge in [-0.05, 0) is 24.6 Å². The van der Waals surface area contributed by atoms with Crippen molar-refractivity contribution in [1.29, 1.82) is 0 Å². The van der Waals surface area contributed by atoms with Gasteiger partial charge in [-0.3, -0.25) is 4.90 Å². The number of ether oxygens (including phenoxy) is 1. The van der Waals surface area contributed by atoms with Crippen LogP contribution in [0.2, 0.25) is 0 Å². The van der Waals surface area contributed by atoms with Gasteiger partial charge in [-0.1, -0.05) is 15.9 Å². The second-order valence-corrected chi connectivity index (χ2v) is 5.16. The average molecular weight is 322 g/mol. The van der Waals surface area contributed by atoms with Crippen LogP contribution in [-0.2, 0) is 6.54 Å². The maximum atomic E-state index is 5.90. The lowest BCUT2D eigenvalue weighted by atomic mass is 10.2. The summed E-state index contributed by atoms with van der Waals surface area (Å²) in [7, 11) is 1.71. The summed E-state index contributed by atoms with van der Waals surface area (Å²) in [6, 6.07) is 6.44. The Morgan fingerprint density at radius 2 is 2.29 bits per heavy atom. The minimum atomic E-state index is 0. The van der Waals surface area contributed by atoms with Crippen LogP contribution < -0.4 is 10.5 Å². The van der Waals surface area contributed by atoms with E-state index in [2.05, 4.69) is 26.9 Å². The molecule has 1 aromatic rings. The highest BCUT2D eigenvalue weighted by Crippen LogP contribution is 2.25. The Morgan fingerprint density at radius 3 is 2.88 bits per heavy atom. The number of rotatable bonds is 3. The Hall–Kier alpha value is -0.290. The number of halogens is 2. The van der Waals surface area contributed by atoms with E-state index in [1.165, 1.54) is 5.56 Å². The fourth-order valence-electron chi connectivity index (χ4n) is 2.12. The van der Waals surface area contributed by atoms with Crippen LogP contribution in [0.3, 0.4) is 0 Å². The Morgan fingerprint density at radius 1 is 1.53 bits per heavy atom. The molecule has 3 nitrogen and oxygen atoms in total. The zero-order chi connectivity index (χ0) is 11.5. The van der Waals surface area contributed by atoms with Crippen molar-refractivity contribution in [1.82, 2.24) is 4.90 Å². The van der Waals surface area contributed by atoms with E-state index in [1.54, 1.807) is 7.11 Å². The molecule has 1 aliphatic rings. The maximum absolute atomic E-state index is 5.90. The molecule has 0 amide bonds. The molecule has 1 saturated heterocycles. The highest BCUT2D eigenvalue weighted by Gasteiger charge is 2.20. The SMILES string of the molecule is COc1ccc(Br)cc1CN1CCC(N)C1.Cl. The minimum Gasteiger partial charge on any atom is -0.496 e. The molecule has 0 aliphatic carbocycles. The van der Waals surface area contributed by atoms with Crippen LogP contribution >= 0.6 is 28.3 Å². The normalized spacial score (nSPS) is 20.1. The van der Waals surface area contributed by atoms with E-state index in [0.29, 0.717) is 6.04 Å². The van der Waals surface area contributed by atoms with E-state index < -0.39 is 0 Å². The fraction of sp³-hybridized carbons (Fsp3) is 0.500. The van der Waals surface area contributed by atoms with Crippen molar-refractivity contribution in [3.63, 3.8) is 0 Å². The molecule has 17 heavy (non-hydrogen) atoms. The summed E-state index contributed by atoms with van der Waals surface area (Å²) in [5.41, 5.74) is 7.11. The summed E-state index contributed by atoms with van der Waals surface area (Å²) < 4.78 is 6.45. The quantitative estimate of drug-likeness (QED) is 0.929. The monoisotopic (exact) mass is 320 g/mol. The summed E-state index contributed by atoms with van der Waals surface area (Å²) in [6.45, 7) is 2.98. The molecule has 1 fully saturated rings. The number of likely N-dealkylation sites (tertiary alicyclic amines) is 1. The van der Waals surface area contributed by atoms with Gasteiger partial charge in [-0.2, -0.15) is 0 Å². The molecular weight excluding hydrogens is 304 g/mol. The molecule has 0 saturated carbocycles. The lowest BCUT2D eigenvalue weighted by Gasteiger charge is -2.17. The van der Waals surface area contributed by atoms with Gasteiger partial charge in [0.1, 0.15) is 5.75 Å². The topological polar surface area (TPSA) is 38.5 Å². The van der Waals surface area contributed by atoms with Crippen LogP contribution in [0.15, 0.2) is 22.7 Å². The maximum Gasteiger partial charge on any atom is 0.123 e. The minimum absolute atomic E-state index is 0. The molecule has 0 radical (unpaired) electrons. The Balaban J connectivity index is 0.00000144. The second kappa shape index (κ2) is 6.59. The first-order valence-corrected chi connectivity index (χ1v) is 6.28. The van der Waals surface area contributed by atoms with Crippen LogP contribution in [0, 0.1) is 0 Å². The summed E-state index contributed by atoms with van der Waals surface area (Å²) in [5.74, 6) is 0.948. The van der Waals surface area contributed by atoms with Crippen molar-refractivity contribution < 1.29 is 4.74 Å². The zero-order valence-corrected chi connectivity index (χ0v) is 12.3. The second-order valence-electron chi connectivity index (χ2n) is 4.24. The number of methoxy groups -OCH3 is 1. The number of benzene rings is 1. The van der Waals surface area contributed by atoms with Crippen molar-refractivity contribution in [3.05, 3.63) is 28.2 Å². The molecule has 1 atom stereocenters. The highest BCUT2D eigenvalue weighted by molar-refractivity contribution is 9.10. The first-order valence-electron chi connectivity index (χ1n) is 5.49. The standard InChI is InChI=1S/C12H17BrN2O.ClH/c1-16-12-3-2-10(13)6-9(12)7-15-5-4-11(14)8-15;/h2-3,6,11H,4-5,7-8,14H2,1H3;1H. The molecule has 0 spiro atoms. The van der Waals surface area contributed by atoms with Gasteiger partial charge in [0.25, 0.3) is 0 Å². The van der Waals surface area contributed by atoms with Crippen LogP contribution in [0.25, 0.3) is 0 Å². The number of hydrogen-bond acceptors (Lipinski definition) is 3. The molecule has 1 unspecified atom stereocenters. The molecule has 96 valence electrons. The van der Waals surface area contributed by atoms with Crippen LogP contribution in [0.4, 0.5) is 0 Å². The summed E-state index contributed by atoms with van der Waals surface area (Å²) >= 11 is 3.49. The van der Waals surface area contributed by atoms with Crippen molar-refractivity contribution in [3.8, 4) is 5.75 Å². The lowest BCUT2D eigenvalue weighted by Crippen LogP contribution is -2.26. The largest absolute Gasteiger partial charge is 0.496 e. The first-order chi connectivity index (χ1) is 7.69. The molecule has 2 rings (SSSR count). The summed E-state index contributed by atoms with van der Waals surface area (Å²) in [6.07, 6.45) is 1.09. The third kappa shape index (κ3) is 3.85. The van der Waals surface area contributed by atoms with Gasteiger partial charge < -0.3 is 10.5 Å². The fourth-order valence-corrected chi connectivity index (χ4v) is 2.53. The smallest absolute Gasteiger partial charge is 0.123 e. The molecule has 0 aromatic heterocycles. The van der Waals surface area contributed by atoms with Gasteiger partial charge in [-0.25, -0.2) is 0 Å². The van der Waals surface area contributed by atoms with E-state index >= 15 is 0 Å². The number of hydrogen-bond donors (Lipinski definition) is 1. The van der Waals surface area contributed by atoms with Crippen molar-refractivity contribution >= 4 is 28.3 Å². The first kappa shape index (κ1) is 14.8. The predicted octanol–water partition coefficient (Wildman–Crippen LogP) is 2.41. The molecule has 1 aromatic carbocycles. The van der Waals surface area contributed by atoms with Gasteiger partial charge in [0.15, 0.2) is 0 Å². The van der Waals surface area contributed by atoms with Gasteiger partial charge in [-0.15, -0.1) is 12.4 Å². The van der Waals surface area contributed by atoms with E-state index in [4.69, 9.17) is 10.5 Å². The highest BCUT2D eigenvalue weighted by atomic mass is 79.9. The Bertz CT molecular complexity index is 376. The zero-order valence-electron chi connectivity index (χ0n) is 9.86. The molecule has 5 heteroatoms. The third-order valence-electron chi connectivity index (χ3n) is 2.95. The van der Waals surface area contributed by atoms with E-state index in [1.807, 2.05) is 12.1 Å². The van der Waals surface area contributed by atoms with Crippen molar-refractivity contribution in [2.75, 3.05) is 20.2 Å². The van der Waals surface area contributed by atoms with E-state index in [-0.39, 0.29) is 12.4 Å². The number of nitrogens with zero attached hydrogens (tertiary/aromatic N) is 1. The van der Waals surface area contributed by atoms with Gasteiger partial charge in [0, 0.05) is 35.7 Å². The Labute approximate surface area is 117 Å². The van der Waals surface area contributed by atoms with Crippen molar-refractivity contribution in [2.45, 2.75) is 19.0 Å². The molecule has 0 bridgehead atoms. The molecule has 2 N–H and O–H groups in total. The van der Waals surface area contributed by atoms with Gasteiger partial charge in [0.2, 0.25) is 0 Å². The predicted molar refractivity (Wildman–Crippen MR) is 75.8 cm³/mol. The molecule has 1 aliphatic heterocycles. The molecule has 1 heterocycles. The Kier molecular flexibility index (Phi) is 5.73.